The first-order valence-electron chi connectivity index (χ1n) is 9.23. The van der Waals surface area contributed by atoms with Gasteiger partial charge in [-0.15, -0.1) is 16.4 Å². The summed E-state index contributed by atoms with van der Waals surface area (Å²) in [6.45, 7) is 0.548. The van der Waals surface area contributed by atoms with E-state index in [4.69, 9.17) is 0 Å². The van der Waals surface area contributed by atoms with Crippen LogP contribution >= 0.6 is 11.3 Å². The smallest absolute Gasteiger partial charge is 0.283 e. The van der Waals surface area contributed by atoms with E-state index in [2.05, 4.69) is 15.4 Å². The molecular weight excluding hydrogens is 382 g/mol. The van der Waals surface area contributed by atoms with Gasteiger partial charge in [-0.2, -0.15) is 9.67 Å². The van der Waals surface area contributed by atoms with Crippen LogP contribution in [0, 0.1) is 0 Å². The standard InChI is InChI=1S/C22H21N5OS/c1-26(2)18-12-7-6-11-17(18)21(28)27-22(23-15-16-9-4-3-5-10-16)24-20(25-27)19-13-8-14-29-19/h3-14H,15H2,1-2H3,(H,23,24,25). The number of nitrogens with one attached hydrogen (secondary N) is 1. The predicted molar refractivity (Wildman–Crippen MR) is 118 cm³/mol. The Hall–Kier alpha value is -3.45. The summed E-state index contributed by atoms with van der Waals surface area (Å²) in [4.78, 5) is 20.8. The van der Waals surface area contributed by atoms with E-state index in [0.717, 1.165) is 16.1 Å². The van der Waals surface area contributed by atoms with Gasteiger partial charge in [0.15, 0.2) is 5.82 Å². The van der Waals surface area contributed by atoms with E-state index < -0.39 is 0 Å². The van der Waals surface area contributed by atoms with Crippen LogP contribution in [-0.2, 0) is 6.54 Å². The number of anilines is 2. The maximum absolute atomic E-state index is 13.4. The number of carbonyl (C=O) groups excluding carboxylic acids is 1. The molecule has 2 heterocycles. The number of nitrogens with zero attached hydrogens (tertiary/aromatic N) is 4. The Kier molecular flexibility index (Phi) is 5.39. The molecule has 1 N–H and O–H groups in total. The van der Waals surface area contributed by atoms with Crippen molar-refractivity contribution in [3.05, 3.63) is 83.2 Å². The van der Waals surface area contributed by atoms with Gasteiger partial charge in [-0.3, -0.25) is 4.79 Å². The molecule has 0 radical (unpaired) electrons. The summed E-state index contributed by atoms with van der Waals surface area (Å²) in [5, 5.41) is 9.77. The molecule has 0 atom stereocenters. The highest BCUT2D eigenvalue weighted by Gasteiger charge is 2.21. The zero-order valence-electron chi connectivity index (χ0n) is 16.2. The van der Waals surface area contributed by atoms with Crippen LogP contribution in [0.25, 0.3) is 10.7 Å². The molecule has 0 aliphatic rings. The molecular formula is C22H21N5OS. The second-order valence-corrected chi connectivity index (χ2v) is 7.65. The summed E-state index contributed by atoms with van der Waals surface area (Å²) in [5.74, 6) is 0.738. The van der Waals surface area contributed by atoms with Crippen molar-refractivity contribution in [3.63, 3.8) is 0 Å². The summed E-state index contributed by atoms with van der Waals surface area (Å²) in [6.07, 6.45) is 0. The molecule has 0 spiro atoms. The third kappa shape index (κ3) is 4.05. The van der Waals surface area contributed by atoms with Crippen molar-refractivity contribution in [1.29, 1.82) is 0 Å². The molecule has 0 bridgehead atoms. The van der Waals surface area contributed by atoms with Gasteiger partial charge in [-0.05, 0) is 29.1 Å². The summed E-state index contributed by atoms with van der Waals surface area (Å²) in [5.41, 5.74) is 2.50. The van der Waals surface area contributed by atoms with Crippen LogP contribution in [0.4, 0.5) is 11.6 Å². The Morgan fingerprint density at radius 3 is 2.52 bits per heavy atom. The van der Waals surface area contributed by atoms with E-state index in [-0.39, 0.29) is 5.91 Å². The van der Waals surface area contributed by atoms with Crippen LogP contribution in [0.1, 0.15) is 15.9 Å². The molecule has 29 heavy (non-hydrogen) atoms. The Labute approximate surface area is 173 Å². The maximum Gasteiger partial charge on any atom is 0.283 e. The maximum atomic E-state index is 13.4. The topological polar surface area (TPSA) is 63.1 Å². The first-order valence-corrected chi connectivity index (χ1v) is 10.1. The molecule has 0 amide bonds. The second kappa shape index (κ2) is 8.28. The van der Waals surface area contributed by atoms with E-state index in [9.17, 15) is 4.79 Å². The van der Waals surface area contributed by atoms with E-state index in [1.54, 1.807) is 11.3 Å². The van der Waals surface area contributed by atoms with Gasteiger partial charge >= 0.3 is 0 Å². The van der Waals surface area contributed by atoms with E-state index in [1.165, 1.54) is 4.68 Å². The highest BCUT2D eigenvalue weighted by Crippen LogP contribution is 2.25. The molecule has 4 rings (SSSR count). The summed E-state index contributed by atoms with van der Waals surface area (Å²) in [6, 6.07) is 21.4. The number of benzene rings is 2. The average Bonchev–Trinajstić information content (AvgIpc) is 3.42. The highest BCUT2D eigenvalue weighted by molar-refractivity contribution is 7.13. The number of thiophene rings is 1. The molecule has 7 heteroatoms. The van der Waals surface area contributed by atoms with Gasteiger partial charge in [0, 0.05) is 26.3 Å². The Morgan fingerprint density at radius 2 is 1.79 bits per heavy atom. The lowest BCUT2D eigenvalue weighted by atomic mass is 10.1. The first kappa shape index (κ1) is 18.9. The molecule has 146 valence electrons. The van der Waals surface area contributed by atoms with E-state index in [0.29, 0.717) is 23.9 Å². The summed E-state index contributed by atoms with van der Waals surface area (Å²) < 4.78 is 1.36. The monoisotopic (exact) mass is 403 g/mol. The van der Waals surface area contributed by atoms with Crippen LogP contribution in [0.2, 0.25) is 0 Å². The minimum atomic E-state index is -0.222. The predicted octanol–water partition coefficient (Wildman–Crippen LogP) is 4.37. The number of rotatable bonds is 6. The van der Waals surface area contributed by atoms with Crippen molar-refractivity contribution in [3.8, 4) is 10.7 Å². The molecule has 0 unspecified atom stereocenters. The molecule has 4 aromatic rings. The number of aromatic nitrogens is 3. The van der Waals surface area contributed by atoms with Crippen molar-refractivity contribution >= 4 is 28.9 Å². The minimum absolute atomic E-state index is 0.222. The van der Waals surface area contributed by atoms with Crippen molar-refractivity contribution in [1.82, 2.24) is 14.8 Å². The summed E-state index contributed by atoms with van der Waals surface area (Å²) in [7, 11) is 3.83. The Bertz CT molecular complexity index is 1100. The quantitative estimate of drug-likeness (QED) is 0.518. The molecule has 0 saturated carbocycles. The fourth-order valence-corrected chi connectivity index (χ4v) is 3.67. The van der Waals surface area contributed by atoms with E-state index >= 15 is 0 Å². The molecule has 0 aliphatic heterocycles. The third-order valence-electron chi connectivity index (χ3n) is 4.45. The summed E-state index contributed by atoms with van der Waals surface area (Å²) >= 11 is 1.54. The lowest BCUT2D eigenvalue weighted by molar-refractivity contribution is 0.0948. The van der Waals surface area contributed by atoms with Crippen molar-refractivity contribution in [2.75, 3.05) is 24.3 Å². The number of hydrogen-bond donors (Lipinski definition) is 1. The Balaban J connectivity index is 1.72. The van der Waals surface area contributed by atoms with Gasteiger partial charge in [-0.25, -0.2) is 0 Å². The second-order valence-electron chi connectivity index (χ2n) is 6.70. The lowest BCUT2D eigenvalue weighted by Gasteiger charge is -2.16. The largest absolute Gasteiger partial charge is 0.377 e. The number of hydrogen-bond acceptors (Lipinski definition) is 6. The lowest BCUT2D eigenvalue weighted by Crippen LogP contribution is -2.21. The average molecular weight is 404 g/mol. The molecule has 0 saturated heterocycles. The molecule has 2 aromatic carbocycles. The van der Waals surface area contributed by atoms with Crippen LogP contribution in [0.15, 0.2) is 72.1 Å². The molecule has 0 fully saturated rings. The zero-order chi connectivity index (χ0) is 20.2. The fraction of sp³-hybridized carbons (Fsp3) is 0.136. The Morgan fingerprint density at radius 1 is 1.03 bits per heavy atom. The van der Waals surface area contributed by atoms with Crippen molar-refractivity contribution in [2.45, 2.75) is 6.54 Å². The van der Waals surface area contributed by atoms with Crippen molar-refractivity contribution in [2.24, 2.45) is 0 Å². The third-order valence-corrected chi connectivity index (χ3v) is 5.32. The molecule has 6 nitrogen and oxygen atoms in total. The normalized spacial score (nSPS) is 10.7. The van der Waals surface area contributed by atoms with Gasteiger partial charge < -0.3 is 10.2 Å². The van der Waals surface area contributed by atoms with Gasteiger partial charge in [0.2, 0.25) is 5.95 Å². The van der Waals surface area contributed by atoms with Crippen LogP contribution in [0.5, 0.6) is 0 Å². The van der Waals surface area contributed by atoms with Crippen LogP contribution in [0.3, 0.4) is 0 Å². The zero-order valence-corrected chi connectivity index (χ0v) is 17.1. The van der Waals surface area contributed by atoms with Gasteiger partial charge in [0.25, 0.3) is 5.91 Å². The van der Waals surface area contributed by atoms with Crippen LogP contribution < -0.4 is 10.2 Å². The first-order chi connectivity index (χ1) is 14.1. The fourth-order valence-electron chi connectivity index (χ4n) is 3.01. The van der Waals surface area contributed by atoms with Crippen molar-refractivity contribution < 1.29 is 4.79 Å². The SMILES string of the molecule is CN(C)c1ccccc1C(=O)n1nc(-c2cccs2)nc1NCc1ccccc1. The van der Waals surface area contributed by atoms with Gasteiger partial charge in [-0.1, -0.05) is 48.5 Å². The number of carbonyl (C=O) groups is 1. The van der Waals surface area contributed by atoms with Gasteiger partial charge in [0.1, 0.15) is 0 Å². The molecule has 0 aliphatic carbocycles. The van der Waals surface area contributed by atoms with Crippen LogP contribution in [-0.4, -0.2) is 34.8 Å². The number of para-hydroxylation sites is 1. The van der Waals surface area contributed by atoms with Gasteiger partial charge in [0.05, 0.1) is 10.4 Å². The van der Waals surface area contributed by atoms with E-state index in [1.807, 2.05) is 91.1 Å². The highest BCUT2D eigenvalue weighted by atomic mass is 32.1. The molecule has 2 aromatic heterocycles. The minimum Gasteiger partial charge on any atom is -0.377 e.